The van der Waals surface area contributed by atoms with Gasteiger partial charge in [-0.1, -0.05) is 19.3 Å². The molecule has 1 N–H and O–H groups in total. The van der Waals surface area contributed by atoms with Gasteiger partial charge in [0.2, 0.25) is 0 Å². The first kappa shape index (κ1) is 13.9. The lowest BCUT2D eigenvalue weighted by molar-refractivity contribution is -0.134. The monoisotopic (exact) mass is 277 g/mol. The van der Waals surface area contributed by atoms with Gasteiger partial charge in [-0.25, -0.2) is 4.39 Å². The molecule has 2 fully saturated rings. The van der Waals surface area contributed by atoms with Crippen LogP contribution < -0.4 is 5.32 Å². The Balaban J connectivity index is 1.71. The standard InChI is InChI=1S/C17H24FNO/c1-2-20-16-12-15(17(16)10-4-3-5-11-17)19-14-8-6-13(18)7-9-14/h6-9,15-16,19H,2-5,10-12H2,1H3. The van der Waals surface area contributed by atoms with E-state index in [-0.39, 0.29) is 5.82 Å². The topological polar surface area (TPSA) is 21.3 Å². The van der Waals surface area contributed by atoms with E-state index >= 15 is 0 Å². The lowest BCUT2D eigenvalue weighted by Gasteiger charge is -2.58. The van der Waals surface area contributed by atoms with Crippen LogP contribution in [0.1, 0.15) is 45.4 Å². The van der Waals surface area contributed by atoms with Crippen LogP contribution in [0.4, 0.5) is 10.1 Å². The first-order valence-electron chi connectivity index (χ1n) is 7.88. The van der Waals surface area contributed by atoms with Gasteiger partial charge in [0.05, 0.1) is 6.10 Å². The van der Waals surface area contributed by atoms with Crippen LogP contribution in [-0.4, -0.2) is 18.8 Å². The molecule has 2 saturated carbocycles. The number of benzene rings is 1. The van der Waals surface area contributed by atoms with Crippen LogP contribution in [0.2, 0.25) is 0 Å². The molecule has 0 saturated heterocycles. The van der Waals surface area contributed by atoms with Gasteiger partial charge < -0.3 is 10.1 Å². The minimum absolute atomic E-state index is 0.177. The van der Waals surface area contributed by atoms with Gasteiger partial charge in [0, 0.05) is 23.8 Å². The molecule has 2 unspecified atom stereocenters. The van der Waals surface area contributed by atoms with Crippen molar-refractivity contribution >= 4 is 5.69 Å². The van der Waals surface area contributed by atoms with E-state index in [0.29, 0.717) is 17.6 Å². The van der Waals surface area contributed by atoms with E-state index in [4.69, 9.17) is 4.74 Å². The van der Waals surface area contributed by atoms with Crippen LogP contribution in [0.5, 0.6) is 0 Å². The Kier molecular flexibility index (Phi) is 3.97. The second kappa shape index (κ2) is 5.72. The minimum atomic E-state index is -0.177. The van der Waals surface area contributed by atoms with E-state index in [2.05, 4.69) is 12.2 Å². The summed E-state index contributed by atoms with van der Waals surface area (Å²) in [6.45, 7) is 2.88. The summed E-state index contributed by atoms with van der Waals surface area (Å²) >= 11 is 0. The summed E-state index contributed by atoms with van der Waals surface area (Å²) in [5.74, 6) is -0.177. The largest absolute Gasteiger partial charge is 0.382 e. The Morgan fingerprint density at radius 2 is 1.90 bits per heavy atom. The van der Waals surface area contributed by atoms with Crippen molar-refractivity contribution in [2.45, 2.75) is 57.6 Å². The number of rotatable bonds is 4. The van der Waals surface area contributed by atoms with Gasteiger partial charge in [-0.2, -0.15) is 0 Å². The number of hydrogen-bond acceptors (Lipinski definition) is 2. The van der Waals surface area contributed by atoms with Gasteiger partial charge in [-0.3, -0.25) is 0 Å². The molecule has 1 aromatic rings. The Bertz CT molecular complexity index is 439. The molecule has 1 spiro atoms. The third-order valence-corrected chi connectivity index (χ3v) is 5.12. The van der Waals surface area contributed by atoms with Crippen molar-refractivity contribution in [3.05, 3.63) is 30.1 Å². The summed E-state index contributed by atoms with van der Waals surface area (Å²) in [6.07, 6.45) is 7.98. The zero-order chi connectivity index (χ0) is 14.0. The quantitative estimate of drug-likeness (QED) is 0.882. The molecule has 110 valence electrons. The first-order valence-corrected chi connectivity index (χ1v) is 7.88. The average molecular weight is 277 g/mol. The van der Waals surface area contributed by atoms with Crippen LogP contribution in [-0.2, 0) is 4.74 Å². The molecule has 2 aliphatic rings. The second-order valence-corrected chi connectivity index (χ2v) is 6.18. The molecule has 0 amide bonds. The van der Waals surface area contributed by atoms with E-state index in [1.54, 1.807) is 0 Å². The maximum absolute atomic E-state index is 13.0. The average Bonchev–Trinajstić information content (AvgIpc) is 2.49. The maximum Gasteiger partial charge on any atom is 0.123 e. The highest BCUT2D eigenvalue weighted by Gasteiger charge is 2.55. The van der Waals surface area contributed by atoms with Crippen molar-refractivity contribution < 1.29 is 9.13 Å². The SMILES string of the molecule is CCOC1CC(Nc2ccc(F)cc2)C12CCCCC2. The van der Waals surface area contributed by atoms with Crippen molar-refractivity contribution in [1.82, 2.24) is 0 Å². The number of nitrogens with one attached hydrogen (secondary N) is 1. The van der Waals surface area contributed by atoms with Gasteiger partial charge in [0.1, 0.15) is 5.82 Å². The Hall–Kier alpha value is -1.09. The first-order chi connectivity index (χ1) is 9.74. The van der Waals surface area contributed by atoms with Gasteiger partial charge in [0.15, 0.2) is 0 Å². The van der Waals surface area contributed by atoms with E-state index < -0.39 is 0 Å². The highest BCUT2D eigenvalue weighted by molar-refractivity contribution is 5.45. The number of hydrogen-bond donors (Lipinski definition) is 1. The van der Waals surface area contributed by atoms with Crippen molar-refractivity contribution in [3.8, 4) is 0 Å². The van der Waals surface area contributed by atoms with Crippen LogP contribution in [0.3, 0.4) is 0 Å². The molecule has 3 heteroatoms. The van der Waals surface area contributed by atoms with Gasteiger partial charge in [-0.05, 0) is 50.5 Å². The number of anilines is 1. The van der Waals surface area contributed by atoms with E-state index in [1.807, 2.05) is 12.1 Å². The van der Waals surface area contributed by atoms with Crippen LogP contribution >= 0.6 is 0 Å². The summed E-state index contributed by atoms with van der Waals surface area (Å²) in [6, 6.07) is 7.19. The van der Waals surface area contributed by atoms with Crippen LogP contribution in [0.15, 0.2) is 24.3 Å². The molecule has 0 bridgehead atoms. The predicted octanol–water partition coefficient (Wildman–Crippen LogP) is 4.37. The molecule has 0 radical (unpaired) electrons. The molecule has 3 rings (SSSR count). The van der Waals surface area contributed by atoms with Crippen LogP contribution in [0.25, 0.3) is 0 Å². The smallest absolute Gasteiger partial charge is 0.123 e. The van der Waals surface area contributed by atoms with Crippen LogP contribution in [0, 0.1) is 11.2 Å². The summed E-state index contributed by atoms with van der Waals surface area (Å²) < 4.78 is 18.9. The molecular weight excluding hydrogens is 253 g/mol. The van der Waals surface area contributed by atoms with Crippen molar-refractivity contribution in [3.63, 3.8) is 0 Å². The summed E-state index contributed by atoms with van der Waals surface area (Å²) in [5.41, 5.74) is 1.33. The third-order valence-electron chi connectivity index (χ3n) is 5.12. The highest BCUT2D eigenvalue weighted by Crippen LogP contribution is 2.54. The normalized spacial score (nSPS) is 28.1. The van der Waals surface area contributed by atoms with Gasteiger partial charge in [0.25, 0.3) is 0 Å². The minimum Gasteiger partial charge on any atom is -0.382 e. The fraction of sp³-hybridized carbons (Fsp3) is 0.647. The molecule has 0 heterocycles. The van der Waals surface area contributed by atoms with Crippen molar-refractivity contribution in [2.75, 3.05) is 11.9 Å². The summed E-state index contributed by atoms with van der Waals surface area (Å²) in [4.78, 5) is 0. The van der Waals surface area contributed by atoms with E-state index in [9.17, 15) is 4.39 Å². The molecule has 0 aromatic heterocycles. The molecule has 1 aromatic carbocycles. The molecule has 2 nitrogen and oxygen atoms in total. The fourth-order valence-electron chi connectivity index (χ4n) is 4.01. The van der Waals surface area contributed by atoms with Crippen molar-refractivity contribution in [1.29, 1.82) is 0 Å². The van der Waals surface area contributed by atoms with Gasteiger partial charge >= 0.3 is 0 Å². The molecule has 2 atom stereocenters. The summed E-state index contributed by atoms with van der Waals surface area (Å²) in [5, 5.41) is 3.61. The molecule has 0 aliphatic heterocycles. The Labute approximate surface area is 120 Å². The Morgan fingerprint density at radius 1 is 1.20 bits per heavy atom. The zero-order valence-electron chi connectivity index (χ0n) is 12.2. The predicted molar refractivity (Wildman–Crippen MR) is 79.4 cm³/mol. The van der Waals surface area contributed by atoms with E-state index in [1.165, 1.54) is 44.2 Å². The highest BCUT2D eigenvalue weighted by atomic mass is 19.1. The summed E-state index contributed by atoms with van der Waals surface area (Å²) in [7, 11) is 0. The Morgan fingerprint density at radius 3 is 2.55 bits per heavy atom. The number of halogens is 1. The third kappa shape index (κ3) is 2.44. The molecule has 20 heavy (non-hydrogen) atoms. The molecule has 2 aliphatic carbocycles. The fourth-order valence-corrected chi connectivity index (χ4v) is 4.01. The molecular formula is C17H24FNO. The number of ether oxygens (including phenoxy) is 1. The maximum atomic E-state index is 13.0. The van der Waals surface area contributed by atoms with Gasteiger partial charge in [-0.15, -0.1) is 0 Å². The van der Waals surface area contributed by atoms with E-state index in [0.717, 1.165) is 18.7 Å². The zero-order valence-corrected chi connectivity index (χ0v) is 12.2. The van der Waals surface area contributed by atoms with Crippen molar-refractivity contribution in [2.24, 2.45) is 5.41 Å². The lowest BCUT2D eigenvalue weighted by atomic mass is 9.55. The second-order valence-electron chi connectivity index (χ2n) is 6.18. The lowest BCUT2D eigenvalue weighted by Crippen LogP contribution is -2.62.